The second kappa shape index (κ2) is 7.91. The third kappa shape index (κ3) is 3.37. The third-order valence-corrected chi connectivity index (χ3v) is 5.19. The number of H-pyrrole nitrogens is 1. The molecule has 6 heteroatoms. The van der Waals surface area contributed by atoms with Crippen LogP contribution in [0.3, 0.4) is 0 Å². The fourth-order valence-corrected chi connectivity index (χ4v) is 3.61. The van der Waals surface area contributed by atoms with Gasteiger partial charge in [-0.2, -0.15) is 0 Å². The molecule has 0 bridgehead atoms. The topological polar surface area (TPSA) is 70.2 Å². The van der Waals surface area contributed by atoms with Gasteiger partial charge >= 0.3 is 0 Å². The average molecular weight is 400 g/mol. The molecule has 2 aromatic heterocycles. The predicted molar refractivity (Wildman–Crippen MR) is 121 cm³/mol. The van der Waals surface area contributed by atoms with Gasteiger partial charge in [-0.25, -0.2) is 4.98 Å². The molecule has 0 saturated carbocycles. The van der Waals surface area contributed by atoms with E-state index in [4.69, 9.17) is 4.74 Å². The number of para-hydroxylation sites is 1. The number of aromatic amines is 1. The molecule has 1 amide bonds. The number of benzene rings is 2. The van der Waals surface area contributed by atoms with Crippen LogP contribution in [0.4, 0.5) is 5.69 Å². The second-order valence-corrected chi connectivity index (χ2v) is 7.23. The molecule has 0 aliphatic heterocycles. The lowest BCUT2D eigenvalue weighted by Gasteiger charge is -2.15. The number of hydrogen-bond donors (Lipinski definition) is 2. The van der Waals surface area contributed by atoms with Crippen LogP contribution in [0.1, 0.15) is 10.4 Å². The molecule has 0 spiro atoms. The highest BCUT2D eigenvalue weighted by Crippen LogP contribution is 2.36. The highest BCUT2D eigenvalue weighted by atomic mass is 16.5. The highest BCUT2D eigenvalue weighted by molar-refractivity contribution is 6.01. The first-order valence-corrected chi connectivity index (χ1v) is 9.68. The van der Waals surface area contributed by atoms with Crippen molar-refractivity contribution in [2.24, 2.45) is 0 Å². The predicted octanol–water partition coefficient (Wildman–Crippen LogP) is 4.65. The van der Waals surface area contributed by atoms with E-state index in [9.17, 15) is 4.79 Å². The summed E-state index contributed by atoms with van der Waals surface area (Å²) in [6.45, 7) is 0. The van der Waals surface area contributed by atoms with Crippen molar-refractivity contribution in [3.8, 4) is 28.0 Å². The summed E-state index contributed by atoms with van der Waals surface area (Å²) in [4.78, 5) is 22.1. The van der Waals surface area contributed by atoms with Gasteiger partial charge in [-0.3, -0.25) is 4.79 Å². The van der Waals surface area contributed by atoms with E-state index < -0.39 is 0 Å². The number of aromatic nitrogens is 2. The zero-order valence-corrected chi connectivity index (χ0v) is 17.5. The minimum atomic E-state index is -0.0495. The van der Waals surface area contributed by atoms with Gasteiger partial charge in [0.05, 0.1) is 12.7 Å². The molecular weight excluding hydrogens is 376 g/mol. The van der Waals surface area contributed by atoms with Crippen molar-refractivity contribution in [3.63, 3.8) is 0 Å². The van der Waals surface area contributed by atoms with Crippen LogP contribution in [-0.4, -0.2) is 49.0 Å². The first-order valence-electron chi connectivity index (χ1n) is 9.68. The fourth-order valence-electron chi connectivity index (χ4n) is 3.61. The largest absolute Gasteiger partial charge is 0.496 e. The Morgan fingerprint density at radius 3 is 2.60 bits per heavy atom. The number of ether oxygens (including phenoxy) is 1. The lowest BCUT2D eigenvalue weighted by molar-refractivity contribution is 0.0828. The summed E-state index contributed by atoms with van der Waals surface area (Å²) in [7, 11) is 6.99. The van der Waals surface area contributed by atoms with Gasteiger partial charge in [0.25, 0.3) is 5.91 Å². The monoisotopic (exact) mass is 400 g/mol. The van der Waals surface area contributed by atoms with E-state index in [2.05, 4.69) is 21.4 Å². The van der Waals surface area contributed by atoms with Gasteiger partial charge in [-0.1, -0.05) is 24.3 Å². The van der Waals surface area contributed by atoms with Crippen molar-refractivity contribution < 1.29 is 9.53 Å². The van der Waals surface area contributed by atoms with E-state index in [0.717, 1.165) is 44.7 Å². The summed E-state index contributed by atoms with van der Waals surface area (Å²) in [6, 6.07) is 15.8. The van der Waals surface area contributed by atoms with Crippen LogP contribution in [0.15, 0.2) is 60.9 Å². The van der Waals surface area contributed by atoms with Crippen LogP contribution < -0.4 is 10.1 Å². The Hall–Kier alpha value is -3.80. The van der Waals surface area contributed by atoms with E-state index in [1.54, 1.807) is 26.1 Å². The molecule has 0 unspecified atom stereocenters. The van der Waals surface area contributed by atoms with E-state index in [1.165, 1.54) is 0 Å². The summed E-state index contributed by atoms with van der Waals surface area (Å²) in [5, 5.41) is 4.09. The summed E-state index contributed by atoms with van der Waals surface area (Å²) >= 11 is 0. The quantitative estimate of drug-likeness (QED) is 0.512. The zero-order chi connectivity index (χ0) is 21.3. The molecule has 0 aliphatic carbocycles. The Morgan fingerprint density at radius 1 is 1.07 bits per heavy atom. The molecule has 0 radical (unpaired) electrons. The lowest BCUT2D eigenvalue weighted by atomic mass is 9.99. The standard InChI is InChI=1S/C24H24N4O2/c1-25-21-10-9-15(11-19(21)24(29)28(2)3)16-12-18-20(14-27-23(18)26-13-16)17-7-5-6-8-22(17)30-4/h5-14,25H,1-4H3,(H,26,27). The van der Waals surface area contributed by atoms with Gasteiger partial charge < -0.3 is 19.9 Å². The third-order valence-electron chi connectivity index (χ3n) is 5.19. The summed E-state index contributed by atoms with van der Waals surface area (Å²) < 4.78 is 5.54. The van der Waals surface area contributed by atoms with Gasteiger partial charge in [-0.05, 0) is 29.8 Å². The number of rotatable bonds is 5. The number of pyridine rings is 1. The summed E-state index contributed by atoms with van der Waals surface area (Å²) in [5.41, 5.74) is 6.11. The molecule has 0 aliphatic rings. The normalized spacial score (nSPS) is 10.8. The number of anilines is 1. The smallest absolute Gasteiger partial charge is 0.255 e. The number of fused-ring (bicyclic) bond motifs is 1. The number of carbonyl (C=O) groups is 1. The van der Waals surface area contributed by atoms with Gasteiger partial charge in [0.15, 0.2) is 0 Å². The molecule has 6 nitrogen and oxygen atoms in total. The van der Waals surface area contributed by atoms with E-state index >= 15 is 0 Å². The van der Waals surface area contributed by atoms with Crippen LogP contribution in [0.2, 0.25) is 0 Å². The molecule has 2 N–H and O–H groups in total. The number of hydrogen-bond acceptors (Lipinski definition) is 4. The molecule has 4 rings (SSSR count). The number of amides is 1. The lowest BCUT2D eigenvalue weighted by Crippen LogP contribution is -2.22. The van der Waals surface area contributed by atoms with Crippen molar-refractivity contribution in [3.05, 3.63) is 66.5 Å². The molecule has 152 valence electrons. The molecule has 30 heavy (non-hydrogen) atoms. The fraction of sp³-hybridized carbons (Fsp3) is 0.167. The summed E-state index contributed by atoms with van der Waals surface area (Å²) in [6.07, 6.45) is 3.77. The maximum Gasteiger partial charge on any atom is 0.255 e. The number of methoxy groups -OCH3 is 1. The highest BCUT2D eigenvalue weighted by Gasteiger charge is 2.16. The molecule has 0 saturated heterocycles. The Balaban J connectivity index is 1.85. The number of nitrogens with zero attached hydrogens (tertiary/aromatic N) is 2. The van der Waals surface area contributed by atoms with Crippen LogP contribution in [-0.2, 0) is 0 Å². The SMILES string of the molecule is CNc1ccc(-c2cnc3[nH]cc(-c4ccccc4OC)c3c2)cc1C(=O)N(C)C. The Morgan fingerprint density at radius 2 is 1.87 bits per heavy atom. The number of carbonyl (C=O) groups excluding carboxylic acids is 1. The van der Waals surface area contributed by atoms with E-state index in [1.807, 2.05) is 61.9 Å². The average Bonchev–Trinajstić information content (AvgIpc) is 3.21. The van der Waals surface area contributed by atoms with Gasteiger partial charge in [-0.15, -0.1) is 0 Å². The molecular formula is C24H24N4O2. The van der Waals surface area contributed by atoms with Crippen LogP contribution in [0.5, 0.6) is 5.75 Å². The van der Waals surface area contributed by atoms with Crippen LogP contribution in [0.25, 0.3) is 33.3 Å². The molecule has 2 heterocycles. The zero-order valence-electron chi connectivity index (χ0n) is 17.5. The minimum Gasteiger partial charge on any atom is -0.496 e. The summed E-state index contributed by atoms with van der Waals surface area (Å²) in [5.74, 6) is 0.757. The van der Waals surface area contributed by atoms with Crippen molar-refractivity contribution >= 4 is 22.6 Å². The molecule has 2 aromatic carbocycles. The Kier molecular flexibility index (Phi) is 5.14. The van der Waals surface area contributed by atoms with Gasteiger partial charge in [0.2, 0.25) is 0 Å². The van der Waals surface area contributed by atoms with Crippen molar-refractivity contribution in [1.82, 2.24) is 14.9 Å². The van der Waals surface area contributed by atoms with Gasteiger partial charge in [0.1, 0.15) is 11.4 Å². The second-order valence-electron chi connectivity index (χ2n) is 7.23. The molecule has 0 atom stereocenters. The molecule has 4 aromatic rings. The van der Waals surface area contributed by atoms with Crippen molar-refractivity contribution in [2.45, 2.75) is 0 Å². The Bertz CT molecular complexity index is 1230. The van der Waals surface area contributed by atoms with Crippen molar-refractivity contribution in [1.29, 1.82) is 0 Å². The van der Waals surface area contributed by atoms with E-state index in [0.29, 0.717) is 5.56 Å². The van der Waals surface area contributed by atoms with E-state index in [-0.39, 0.29) is 5.91 Å². The Labute approximate surface area is 175 Å². The first-order chi connectivity index (χ1) is 14.5. The van der Waals surface area contributed by atoms with Gasteiger partial charge in [0, 0.05) is 61.3 Å². The first kappa shape index (κ1) is 19.5. The van der Waals surface area contributed by atoms with Crippen LogP contribution >= 0.6 is 0 Å². The van der Waals surface area contributed by atoms with Crippen molar-refractivity contribution in [2.75, 3.05) is 33.6 Å². The maximum absolute atomic E-state index is 12.6. The maximum atomic E-state index is 12.6. The number of nitrogens with one attached hydrogen (secondary N) is 2. The minimum absolute atomic E-state index is 0.0495. The van der Waals surface area contributed by atoms with Crippen LogP contribution in [0, 0.1) is 0 Å². The molecule has 0 fully saturated rings.